The van der Waals surface area contributed by atoms with Gasteiger partial charge < -0.3 is 15.1 Å². The van der Waals surface area contributed by atoms with Gasteiger partial charge in [-0.25, -0.2) is 0 Å². The molecule has 2 aliphatic rings. The summed E-state index contributed by atoms with van der Waals surface area (Å²) in [6, 6.07) is 7.08. The summed E-state index contributed by atoms with van der Waals surface area (Å²) in [5.74, 6) is 0.875. The van der Waals surface area contributed by atoms with Crippen LogP contribution in [0, 0.1) is 5.92 Å². The molecule has 3 nitrogen and oxygen atoms in total. The van der Waals surface area contributed by atoms with Crippen molar-refractivity contribution < 1.29 is 0 Å². The van der Waals surface area contributed by atoms with Crippen LogP contribution in [-0.2, 0) is 13.0 Å². The number of anilines is 1. The van der Waals surface area contributed by atoms with Crippen molar-refractivity contribution in [2.24, 2.45) is 5.92 Å². The van der Waals surface area contributed by atoms with E-state index in [0.717, 1.165) is 12.5 Å². The maximum atomic E-state index is 3.45. The van der Waals surface area contributed by atoms with Crippen LogP contribution >= 0.6 is 0 Å². The SMILES string of the molecule is CN(Cc1ccc2c(c1)CCCN2C)CC1CCNCC1. The standard InChI is InChI=1S/C18H29N3/c1-20(13-15-7-9-19-10-8-15)14-16-5-6-18-17(12-16)4-3-11-21(18)2/h5-6,12,15,19H,3-4,7-11,13-14H2,1-2H3. The van der Waals surface area contributed by atoms with Crippen molar-refractivity contribution in [3.05, 3.63) is 29.3 Å². The fourth-order valence-electron chi connectivity index (χ4n) is 3.82. The van der Waals surface area contributed by atoms with Gasteiger partial charge in [0.15, 0.2) is 0 Å². The Balaban J connectivity index is 1.59. The number of nitrogens with one attached hydrogen (secondary N) is 1. The van der Waals surface area contributed by atoms with Crippen LogP contribution in [0.4, 0.5) is 5.69 Å². The third kappa shape index (κ3) is 3.78. The summed E-state index contributed by atoms with van der Waals surface area (Å²) in [6.07, 6.45) is 5.20. The van der Waals surface area contributed by atoms with Gasteiger partial charge >= 0.3 is 0 Å². The van der Waals surface area contributed by atoms with Crippen molar-refractivity contribution in [1.29, 1.82) is 0 Å². The molecule has 3 rings (SSSR count). The Morgan fingerprint density at radius 1 is 1.29 bits per heavy atom. The van der Waals surface area contributed by atoms with E-state index in [0.29, 0.717) is 0 Å². The molecule has 0 unspecified atom stereocenters. The molecule has 0 amide bonds. The fourth-order valence-corrected chi connectivity index (χ4v) is 3.82. The Kier molecular flexibility index (Phi) is 4.81. The lowest BCUT2D eigenvalue weighted by atomic mass is 9.97. The molecule has 1 fully saturated rings. The minimum Gasteiger partial charge on any atom is -0.374 e. The molecule has 3 heteroatoms. The van der Waals surface area contributed by atoms with Crippen LogP contribution in [0.5, 0.6) is 0 Å². The lowest BCUT2D eigenvalue weighted by molar-refractivity contribution is 0.234. The van der Waals surface area contributed by atoms with Crippen LogP contribution in [0.1, 0.15) is 30.4 Å². The van der Waals surface area contributed by atoms with Crippen LogP contribution in [0.2, 0.25) is 0 Å². The average Bonchev–Trinajstić information content (AvgIpc) is 2.48. The molecule has 2 heterocycles. The number of rotatable bonds is 4. The number of fused-ring (bicyclic) bond motifs is 1. The van der Waals surface area contributed by atoms with Crippen LogP contribution in [0.25, 0.3) is 0 Å². The second kappa shape index (κ2) is 6.80. The number of piperidine rings is 1. The van der Waals surface area contributed by atoms with Crippen molar-refractivity contribution in [1.82, 2.24) is 10.2 Å². The Bertz CT molecular complexity index is 466. The molecule has 21 heavy (non-hydrogen) atoms. The fraction of sp³-hybridized carbons (Fsp3) is 0.667. The van der Waals surface area contributed by atoms with E-state index in [4.69, 9.17) is 0 Å². The highest BCUT2D eigenvalue weighted by molar-refractivity contribution is 5.56. The van der Waals surface area contributed by atoms with Gasteiger partial charge in [-0.15, -0.1) is 0 Å². The molecule has 1 aromatic rings. The summed E-state index contributed by atoms with van der Waals surface area (Å²) in [5, 5.41) is 3.45. The summed E-state index contributed by atoms with van der Waals surface area (Å²) in [4.78, 5) is 4.89. The van der Waals surface area contributed by atoms with E-state index < -0.39 is 0 Å². The molecule has 2 aliphatic heterocycles. The molecule has 0 aromatic heterocycles. The van der Waals surface area contributed by atoms with E-state index in [1.54, 1.807) is 0 Å². The lowest BCUT2D eigenvalue weighted by Crippen LogP contribution is -2.34. The van der Waals surface area contributed by atoms with Crippen molar-refractivity contribution in [3.8, 4) is 0 Å². The third-order valence-corrected chi connectivity index (χ3v) is 4.98. The molecule has 0 radical (unpaired) electrons. The zero-order valence-corrected chi connectivity index (χ0v) is 13.6. The summed E-state index contributed by atoms with van der Waals surface area (Å²) in [5.41, 5.74) is 4.45. The molecule has 0 spiro atoms. The Hall–Kier alpha value is -1.06. The smallest absolute Gasteiger partial charge is 0.0396 e. The van der Waals surface area contributed by atoms with Gasteiger partial charge in [-0.2, -0.15) is 0 Å². The largest absolute Gasteiger partial charge is 0.374 e. The highest BCUT2D eigenvalue weighted by Gasteiger charge is 2.17. The monoisotopic (exact) mass is 287 g/mol. The Morgan fingerprint density at radius 2 is 2.10 bits per heavy atom. The molecular weight excluding hydrogens is 258 g/mol. The van der Waals surface area contributed by atoms with Gasteiger partial charge in [0.25, 0.3) is 0 Å². The maximum Gasteiger partial charge on any atom is 0.0396 e. The van der Waals surface area contributed by atoms with Gasteiger partial charge in [-0.3, -0.25) is 0 Å². The number of aryl methyl sites for hydroxylation is 1. The number of hydrogen-bond donors (Lipinski definition) is 1. The number of hydrogen-bond acceptors (Lipinski definition) is 3. The molecule has 0 atom stereocenters. The van der Waals surface area contributed by atoms with E-state index in [2.05, 4.69) is 47.4 Å². The maximum absolute atomic E-state index is 3.45. The summed E-state index contributed by atoms with van der Waals surface area (Å²) in [6.45, 7) is 5.91. The van der Waals surface area contributed by atoms with E-state index in [-0.39, 0.29) is 0 Å². The molecule has 0 bridgehead atoms. The Labute approximate surface area is 129 Å². The third-order valence-electron chi connectivity index (χ3n) is 4.98. The second-order valence-corrected chi connectivity index (χ2v) is 6.88. The van der Waals surface area contributed by atoms with Gasteiger partial charge in [0.1, 0.15) is 0 Å². The van der Waals surface area contributed by atoms with Gasteiger partial charge in [-0.05, 0) is 68.9 Å². The molecule has 1 N–H and O–H groups in total. The van der Waals surface area contributed by atoms with Crippen LogP contribution < -0.4 is 10.2 Å². The van der Waals surface area contributed by atoms with Gasteiger partial charge in [0.2, 0.25) is 0 Å². The zero-order chi connectivity index (χ0) is 14.7. The van der Waals surface area contributed by atoms with Crippen LogP contribution in [-0.4, -0.2) is 45.2 Å². The summed E-state index contributed by atoms with van der Waals surface area (Å²) in [7, 11) is 4.48. The van der Waals surface area contributed by atoms with E-state index in [9.17, 15) is 0 Å². The molecule has 116 valence electrons. The van der Waals surface area contributed by atoms with Crippen molar-refractivity contribution in [3.63, 3.8) is 0 Å². The lowest BCUT2D eigenvalue weighted by Gasteiger charge is -2.29. The quantitative estimate of drug-likeness (QED) is 0.918. The minimum atomic E-state index is 0.875. The van der Waals surface area contributed by atoms with Crippen molar-refractivity contribution in [2.75, 3.05) is 45.2 Å². The first-order chi connectivity index (χ1) is 10.2. The first-order valence-electron chi connectivity index (χ1n) is 8.44. The first-order valence-corrected chi connectivity index (χ1v) is 8.44. The van der Waals surface area contributed by atoms with Gasteiger partial charge in [0, 0.05) is 32.4 Å². The van der Waals surface area contributed by atoms with E-state index in [1.165, 1.54) is 68.7 Å². The van der Waals surface area contributed by atoms with Crippen molar-refractivity contribution >= 4 is 5.69 Å². The predicted octanol–water partition coefficient (Wildman–Crippen LogP) is 2.50. The topological polar surface area (TPSA) is 18.5 Å². The summed E-state index contributed by atoms with van der Waals surface area (Å²) < 4.78 is 0. The highest BCUT2D eigenvalue weighted by atomic mass is 15.1. The van der Waals surface area contributed by atoms with Gasteiger partial charge in [0.05, 0.1) is 0 Å². The van der Waals surface area contributed by atoms with E-state index >= 15 is 0 Å². The molecule has 1 saturated heterocycles. The molecule has 1 aromatic carbocycles. The molecular formula is C18H29N3. The van der Waals surface area contributed by atoms with Crippen LogP contribution in [0.15, 0.2) is 18.2 Å². The average molecular weight is 287 g/mol. The van der Waals surface area contributed by atoms with Crippen molar-refractivity contribution in [2.45, 2.75) is 32.2 Å². The number of nitrogens with zero attached hydrogens (tertiary/aromatic N) is 2. The summed E-state index contributed by atoms with van der Waals surface area (Å²) >= 11 is 0. The predicted molar refractivity (Wildman–Crippen MR) is 90.0 cm³/mol. The number of benzene rings is 1. The normalized spacial score (nSPS) is 19.9. The molecule has 0 saturated carbocycles. The first kappa shape index (κ1) is 14.9. The Morgan fingerprint density at radius 3 is 2.90 bits per heavy atom. The second-order valence-electron chi connectivity index (χ2n) is 6.88. The van der Waals surface area contributed by atoms with Crippen LogP contribution in [0.3, 0.4) is 0 Å². The van der Waals surface area contributed by atoms with E-state index in [1.807, 2.05) is 0 Å². The highest BCUT2D eigenvalue weighted by Crippen LogP contribution is 2.27. The zero-order valence-electron chi connectivity index (χ0n) is 13.6. The molecule has 0 aliphatic carbocycles. The minimum absolute atomic E-state index is 0.875. The van der Waals surface area contributed by atoms with Gasteiger partial charge in [-0.1, -0.05) is 12.1 Å².